The molecule has 166 valence electrons. The molecule has 0 N–H and O–H groups in total. The molecule has 4 nitrogen and oxygen atoms in total. The van der Waals surface area contributed by atoms with Crippen molar-refractivity contribution in [1.82, 2.24) is 0 Å². The molecule has 0 amide bonds. The standard InChI is InChI=1S/C18H21F7O4/c1-14(19,20)12(26)29-16-7-10-4-11(8-16)6-15(5-10,9-16)13(27)28-3-2-17(21,22)18(23,24)25/h10-11H,2-9H2,1H3. The molecule has 29 heavy (non-hydrogen) atoms. The number of halogens is 7. The van der Waals surface area contributed by atoms with Crippen molar-refractivity contribution in [1.29, 1.82) is 0 Å². The third-order valence-corrected chi connectivity index (χ3v) is 6.17. The van der Waals surface area contributed by atoms with Crippen molar-refractivity contribution >= 4 is 11.9 Å². The molecule has 0 aromatic rings. The van der Waals surface area contributed by atoms with Crippen molar-refractivity contribution in [2.75, 3.05) is 6.61 Å². The lowest BCUT2D eigenvalue weighted by Gasteiger charge is -2.59. The number of carbonyl (C=O) groups excluding carboxylic acids is 2. The largest absolute Gasteiger partial charge is 0.465 e. The van der Waals surface area contributed by atoms with Gasteiger partial charge in [-0.05, 0) is 43.9 Å². The molecule has 4 aliphatic carbocycles. The van der Waals surface area contributed by atoms with Gasteiger partial charge < -0.3 is 9.47 Å². The molecule has 4 fully saturated rings. The first kappa shape index (κ1) is 22.1. The van der Waals surface area contributed by atoms with Crippen LogP contribution in [0.2, 0.25) is 0 Å². The summed E-state index contributed by atoms with van der Waals surface area (Å²) in [6, 6.07) is 0. The van der Waals surface area contributed by atoms with Crippen LogP contribution in [0.15, 0.2) is 0 Å². The van der Waals surface area contributed by atoms with Crippen molar-refractivity contribution in [2.45, 2.75) is 75.5 Å². The van der Waals surface area contributed by atoms with Crippen molar-refractivity contribution < 1.29 is 49.8 Å². The molecule has 4 saturated carbocycles. The van der Waals surface area contributed by atoms with Gasteiger partial charge in [0.1, 0.15) is 5.60 Å². The van der Waals surface area contributed by atoms with Gasteiger partial charge in [-0.25, -0.2) is 4.79 Å². The van der Waals surface area contributed by atoms with E-state index in [1.165, 1.54) is 0 Å². The molecule has 0 saturated heterocycles. The quantitative estimate of drug-likeness (QED) is 0.451. The highest BCUT2D eigenvalue weighted by molar-refractivity contribution is 5.79. The van der Waals surface area contributed by atoms with Crippen LogP contribution >= 0.6 is 0 Å². The second-order valence-corrected chi connectivity index (χ2v) is 8.79. The summed E-state index contributed by atoms with van der Waals surface area (Å²) >= 11 is 0. The topological polar surface area (TPSA) is 52.6 Å². The van der Waals surface area contributed by atoms with Gasteiger partial charge in [0.25, 0.3) is 0 Å². The minimum Gasteiger partial charge on any atom is -0.465 e. The zero-order valence-corrected chi connectivity index (χ0v) is 15.6. The fraction of sp³-hybridized carbons (Fsp3) is 0.889. The van der Waals surface area contributed by atoms with Crippen LogP contribution in [-0.4, -0.2) is 42.2 Å². The molecule has 4 aliphatic rings. The summed E-state index contributed by atoms with van der Waals surface area (Å²) < 4.78 is 99.2. The molecule has 2 atom stereocenters. The number of hydrogen-bond acceptors (Lipinski definition) is 4. The first-order chi connectivity index (χ1) is 13.1. The average Bonchev–Trinajstić information content (AvgIpc) is 2.50. The maximum absolute atomic E-state index is 13.3. The van der Waals surface area contributed by atoms with E-state index in [1.807, 2.05) is 0 Å². The smallest absolute Gasteiger partial charge is 0.453 e. The molecular formula is C18H21F7O4. The number of alkyl halides is 7. The predicted octanol–water partition coefficient (Wildman–Crippen LogP) is 4.65. The molecule has 0 radical (unpaired) electrons. The lowest BCUT2D eigenvalue weighted by Crippen LogP contribution is -2.60. The highest BCUT2D eigenvalue weighted by atomic mass is 19.4. The Labute approximate surface area is 162 Å². The van der Waals surface area contributed by atoms with Crippen LogP contribution in [-0.2, 0) is 19.1 Å². The molecule has 4 bridgehead atoms. The molecule has 11 heteroatoms. The SMILES string of the molecule is CC(F)(F)C(=O)OC12CC3CC(C1)CC(C(=O)OCCC(F)(F)C(F)(F)F)(C3)C2. The van der Waals surface area contributed by atoms with E-state index in [9.17, 15) is 40.3 Å². The third kappa shape index (κ3) is 4.19. The van der Waals surface area contributed by atoms with Gasteiger partial charge in [-0.15, -0.1) is 0 Å². The molecule has 2 unspecified atom stereocenters. The minimum atomic E-state index is -5.75. The summed E-state index contributed by atoms with van der Waals surface area (Å²) in [5.74, 6) is -11.5. The normalized spacial score (nSPS) is 34.2. The highest BCUT2D eigenvalue weighted by Gasteiger charge is 2.64. The molecule has 0 heterocycles. The second-order valence-electron chi connectivity index (χ2n) is 8.79. The number of carbonyl (C=O) groups is 2. The van der Waals surface area contributed by atoms with E-state index in [-0.39, 0.29) is 18.3 Å². The summed E-state index contributed by atoms with van der Waals surface area (Å²) in [7, 11) is 0. The summed E-state index contributed by atoms with van der Waals surface area (Å²) in [6.07, 6.45) is -5.60. The Morgan fingerprint density at radius 1 is 0.966 bits per heavy atom. The van der Waals surface area contributed by atoms with E-state index in [2.05, 4.69) is 0 Å². The Bertz CT molecular complexity index is 669. The lowest BCUT2D eigenvalue weighted by molar-refractivity contribution is -0.287. The van der Waals surface area contributed by atoms with Gasteiger partial charge in [-0.3, -0.25) is 4.79 Å². The van der Waals surface area contributed by atoms with E-state index >= 15 is 0 Å². The Morgan fingerprint density at radius 2 is 1.52 bits per heavy atom. The van der Waals surface area contributed by atoms with Crippen LogP contribution in [0.3, 0.4) is 0 Å². The molecule has 0 spiro atoms. The van der Waals surface area contributed by atoms with Crippen LogP contribution in [0.4, 0.5) is 30.7 Å². The Kier molecular flexibility index (Phi) is 5.14. The van der Waals surface area contributed by atoms with Gasteiger partial charge in [0, 0.05) is 13.3 Å². The van der Waals surface area contributed by atoms with Crippen LogP contribution in [0, 0.1) is 17.3 Å². The number of hydrogen-bond donors (Lipinski definition) is 0. The molecule has 0 aromatic heterocycles. The zero-order chi connectivity index (χ0) is 21.9. The summed E-state index contributed by atoms with van der Waals surface area (Å²) in [4.78, 5) is 24.3. The first-order valence-corrected chi connectivity index (χ1v) is 9.31. The fourth-order valence-corrected chi connectivity index (χ4v) is 5.39. The second kappa shape index (κ2) is 6.73. The lowest BCUT2D eigenvalue weighted by atomic mass is 9.48. The third-order valence-electron chi connectivity index (χ3n) is 6.17. The Hall–Kier alpha value is -1.55. The maximum Gasteiger partial charge on any atom is 0.453 e. The number of ether oxygens (including phenoxy) is 2. The van der Waals surface area contributed by atoms with E-state index in [0.29, 0.717) is 39.0 Å². The summed E-state index contributed by atoms with van der Waals surface area (Å²) in [5.41, 5.74) is -2.49. The summed E-state index contributed by atoms with van der Waals surface area (Å²) in [5, 5.41) is 0. The first-order valence-electron chi connectivity index (χ1n) is 9.31. The van der Waals surface area contributed by atoms with Crippen molar-refractivity contribution in [3.05, 3.63) is 0 Å². The maximum atomic E-state index is 13.3. The van der Waals surface area contributed by atoms with Crippen LogP contribution in [0.1, 0.15) is 51.9 Å². The zero-order valence-electron chi connectivity index (χ0n) is 15.6. The van der Waals surface area contributed by atoms with E-state index in [4.69, 9.17) is 9.47 Å². The van der Waals surface area contributed by atoms with E-state index < -0.39 is 54.0 Å². The predicted molar refractivity (Wildman–Crippen MR) is 83.1 cm³/mol. The van der Waals surface area contributed by atoms with Gasteiger partial charge in [-0.1, -0.05) is 0 Å². The van der Waals surface area contributed by atoms with Gasteiger partial charge in [0.15, 0.2) is 0 Å². The van der Waals surface area contributed by atoms with Crippen molar-refractivity contribution in [3.63, 3.8) is 0 Å². The van der Waals surface area contributed by atoms with Crippen molar-refractivity contribution in [3.8, 4) is 0 Å². The number of esters is 2. The van der Waals surface area contributed by atoms with Crippen LogP contribution < -0.4 is 0 Å². The van der Waals surface area contributed by atoms with Gasteiger partial charge >= 0.3 is 30.0 Å². The van der Waals surface area contributed by atoms with Crippen LogP contribution in [0.25, 0.3) is 0 Å². The highest BCUT2D eigenvalue weighted by Crippen LogP contribution is 2.63. The van der Waals surface area contributed by atoms with E-state index in [0.717, 1.165) is 0 Å². The fourth-order valence-electron chi connectivity index (χ4n) is 5.39. The monoisotopic (exact) mass is 434 g/mol. The Morgan fingerprint density at radius 3 is 2.00 bits per heavy atom. The molecule has 0 aromatic carbocycles. The molecule has 0 aliphatic heterocycles. The van der Waals surface area contributed by atoms with Gasteiger partial charge in [0.05, 0.1) is 18.4 Å². The number of rotatable bonds is 6. The van der Waals surface area contributed by atoms with Crippen LogP contribution in [0.5, 0.6) is 0 Å². The van der Waals surface area contributed by atoms with E-state index in [1.54, 1.807) is 0 Å². The molecule has 4 rings (SSSR count). The minimum absolute atomic E-state index is 0.0939. The van der Waals surface area contributed by atoms with Gasteiger partial charge in [0.2, 0.25) is 0 Å². The van der Waals surface area contributed by atoms with Crippen molar-refractivity contribution in [2.24, 2.45) is 17.3 Å². The average molecular weight is 434 g/mol. The molecular weight excluding hydrogens is 413 g/mol. The van der Waals surface area contributed by atoms with Gasteiger partial charge in [-0.2, -0.15) is 30.7 Å². The summed E-state index contributed by atoms with van der Waals surface area (Å²) in [6.45, 7) is -0.719. The Balaban J connectivity index is 1.69.